The molecule has 2 amide bonds. The largest absolute Gasteiger partial charge is 0.352 e. The Labute approximate surface area is 184 Å². The number of nitrogens with zero attached hydrogens (tertiary/aromatic N) is 2. The number of likely N-dealkylation sites (tertiary alicyclic amines) is 1. The van der Waals surface area contributed by atoms with E-state index in [0.717, 1.165) is 42.5 Å². The highest BCUT2D eigenvalue weighted by molar-refractivity contribution is 5.86. The molecular formula is C26H31N3O2. The van der Waals surface area contributed by atoms with Gasteiger partial charge < -0.3 is 10.2 Å². The molecule has 0 bridgehead atoms. The number of benzene rings is 1. The van der Waals surface area contributed by atoms with Crippen molar-refractivity contribution in [3.63, 3.8) is 0 Å². The van der Waals surface area contributed by atoms with Gasteiger partial charge in [0, 0.05) is 37.9 Å². The predicted molar refractivity (Wildman–Crippen MR) is 122 cm³/mol. The van der Waals surface area contributed by atoms with Crippen LogP contribution >= 0.6 is 0 Å². The molecule has 162 valence electrons. The van der Waals surface area contributed by atoms with E-state index in [1.165, 1.54) is 0 Å². The molecule has 1 aromatic carbocycles. The fraction of sp³-hybridized carbons (Fsp3) is 0.423. The van der Waals surface area contributed by atoms with Crippen molar-refractivity contribution in [2.45, 2.75) is 32.6 Å². The molecule has 1 aliphatic carbocycles. The van der Waals surface area contributed by atoms with Gasteiger partial charge in [0.05, 0.1) is 5.41 Å². The number of rotatable bonds is 7. The Morgan fingerprint density at radius 3 is 2.74 bits per heavy atom. The molecule has 0 spiro atoms. The van der Waals surface area contributed by atoms with Crippen LogP contribution in [0.1, 0.15) is 31.7 Å². The van der Waals surface area contributed by atoms with E-state index in [2.05, 4.69) is 42.0 Å². The summed E-state index contributed by atoms with van der Waals surface area (Å²) in [6.45, 7) is 7.52. The van der Waals surface area contributed by atoms with Gasteiger partial charge in [0.1, 0.15) is 0 Å². The van der Waals surface area contributed by atoms with Gasteiger partial charge in [-0.3, -0.25) is 14.6 Å². The fourth-order valence-electron chi connectivity index (χ4n) is 4.78. The minimum absolute atomic E-state index is 0.0167. The minimum Gasteiger partial charge on any atom is -0.352 e. The zero-order valence-electron chi connectivity index (χ0n) is 18.2. The molecule has 3 atom stereocenters. The maximum Gasteiger partial charge on any atom is 0.228 e. The minimum atomic E-state index is -0.619. The highest BCUT2D eigenvalue weighted by atomic mass is 16.2. The molecular weight excluding hydrogens is 386 g/mol. The zero-order chi connectivity index (χ0) is 21.8. The average molecular weight is 418 g/mol. The van der Waals surface area contributed by atoms with Gasteiger partial charge in [0.15, 0.2) is 0 Å². The van der Waals surface area contributed by atoms with Crippen molar-refractivity contribution in [1.82, 2.24) is 15.2 Å². The monoisotopic (exact) mass is 417 g/mol. The number of piperidine rings is 1. The van der Waals surface area contributed by atoms with E-state index in [1.807, 2.05) is 23.1 Å². The Balaban J connectivity index is 1.60. The van der Waals surface area contributed by atoms with E-state index in [9.17, 15) is 9.59 Å². The topological polar surface area (TPSA) is 62.3 Å². The van der Waals surface area contributed by atoms with E-state index in [-0.39, 0.29) is 17.7 Å². The number of nitrogens with one attached hydrogen (secondary N) is 1. The molecule has 2 aliphatic rings. The van der Waals surface area contributed by atoms with E-state index in [0.29, 0.717) is 25.4 Å². The molecule has 0 unspecified atom stereocenters. The van der Waals surface area contributed by atoms with E-state index in [1.54, 1.807) is 18.5 Å². The lowest BCUT2D eigenvalue weighted by Gasteiger charge is -2.42. The molecule has 4 rings (SSSR count). The summed E-state index contributed by atoms with van der Waals surface area (Å²) in [7, 11) is 0. The number of carbonyl (C=O) groups excluding carboxylic acids is 2. The molecule has 0 radical (unpaired) electrons. The van der Waals surface area contributed by atoms with Crippen molar-refractivity contribution in [3.8, 4) is 11.1 Å². The summed E-state index contributed by atoms with van der Waals surface area (Å²) in [6.07, 6.45) is 8.48. The molecule has 1 saturated carbocycles. The quantitative estimate of drug-likeness (QED) is 0.696. The maximum absolute atomic E-state index is 13.4. The summed E-state index contributed by atoms with van der Waals surface area (Å²) in [4.78, 5) is 32.4. The van der Waals surface area contributed by atoms with Crippen LogP contribution in [0.3, 0.4) is 0 Å². The van der Waals surface area contributed by atoms with E-state index in [4.69, 9.17) is 0 Å². The van der Waals surface area contributed by atoms with Gasteiger partial charge in [-0.1, -0.05) is 37.3 Å². The van der Waals surface area contributed by atoms with E-state index >= 15 is 0 Å². The third-order valence-corrected chi connectivity index (χ3v) is 6.69. The lowest BCUT2D eigenvalue weighted by atomic mass is 9.73. The first-order chi connectivity index (χ1) is 15.0. The molecule has 2 aromatic rings. The predicted octanol–water partition coefficient (Wildman–Crippen LogP) is 3.86. The summed E-state index contributed by atoms with van der Waals surface area (Å²) < 4.78 is 0. The SMILES string of the molecule is C=CCNC(=O)[C@]1(Cc2cccc(-c3ccncc3)c2)CCCN(C(=O)[C@@H]2C[C@H]2C)C1. The normalized spacial score (nSPS) is 25.0. The highest BCUT2D eigenvalue weighted by Gasteiger charge is 2.47. The lowest BCUT2D eigenvalue weighted by Crippen LogP contribution is -2.54. The first kappa shape index (κ1) is 21.3. The van der Waals surface area contributed by atoms with Gasteiger partial charge in [0.25, 0.3) is 0 Å². The van der Waals surface area contributed by atoms with Crippen LogP contribution in [0.2, 0.25) is 0 Å². The molecule has 2 fully saturated rings. The number of hydrogen-bond acceptors (Lipinski definition) is 3. The number of hydrogen-bond donors (Lipinski definition) is 1. The summed E-state index contributed by atoms with van der Waals surface area (Å²) in [5, 5.41) is 3.02. The average Bonchev–Trinajstić information content (AvgIpc) is 3.54. The highest BCUT2D eigenvalue weighted by Crippen LogP contribution is 2.42. The zero-order valence-corrected chi connectivity index (χ0v) is 18.2. The van der Waals surface area contributed by atoms with Gasteiger partial charge in [-0.05, 0) is 60.4 Å². The van der Waals surface area contributed by atoms with Gasteiger partial charge in [-0.25, -0.2) is 0 Å². The number of amides is 2. The first-order valence-corrected chi connectivity index (χ1v) is 11.2. The maximum atomic E-state index is 13.4. The van der Waals surface area contributed by atoms with Crippen LogP contribution in [0.5, 0.6) is 0 Å². The van der Waals surface area contributed by atoms with Crippen molar-refractivity contribution in [2.75, 3.05) is 19.6 Å². The second-order valence-corrected chi connectivity index (χ2v) is 9.07. The first-order valence-electron chi connectivity index (χ1n) is 11.2. The molecule has 1 aromatic heterocycles. The summed E-state index contributed by atoms with van der Waals surface area (Å²) >= 11 is 0. The lowest BCUT2D eigenvalue weighted by molar-refractivity contribution is -0.142. The van der Waals surface area contributed by atoms with Crippen molar-refractivity contribution in [3.05, 3.63) is 67.0 Å². The molecule has 1 aliphatic heterocycles. The number of aromatic nitrogens is 1. The molecule has 5 nitrogen and oxygen atoms in total. The van der Waals surface area contributed by atoms with Crippen molar-refractivity contribution >= 4 is 11.8 Å². The van der Waals surface area contributed by atoms with Gasteiger partial charge >= 0.3 is 0 Å². The third-order valence-electron chi connectivity index (χ3n) is 6.69. The van der Waals surface area contributed by atoms with Gasteiger partial charge in [-0.2, -0.15) is 0 Å². The Morgan fingerprint density at radius 1 is 1.26 bits per heavy atom. The third kappa shape index (κ3) is 4.71. The molecule has 1 N–H and O–H groups in total. The fourth-order valence-corrected chi connectivity index (χ4v) is 4.78. The summed E-state index contributed by atoms with van der Waals surface area (Å²) in [5.41, 5.74) is 2.70. The second-order valence-electron chi connectivity index (χ2n) is 9.07. The second kappa shape index (κ2) is 9.04. The molecule has 31 heavy (non-hydrogen) atoms. The summed E-state index contributed by atoms with van der Waals surface area (Å²) in [6, 6.07) is 12.3. The van der Waals surface area contributed by atoms with Gasteiger partial charge in [-0.15, -0.1) is 6.58 Å². The Hall–Kier alpha value is -2.95. The summed E-state index contributed by atoms with van der Waals surface area (Å²) in [5.74, 6) is 0.846. The molecule has 1 saturated heterocycles. The van der Waals surface area contributed by atoms with E-state index < -0.39 is 5.41 Å². The Kier molecular flexibility index (Phi) is 6.21. The van der Waals surface area contributed by atoms with Crippen molar-refractivity contribution < 1.29 is 9.59 Å². The van der Waals surface area contributed by atoms with Gasteiger partial charge in [0.2, 0.25) is 11.8 Å². The van der Waals surface area contributed by atoms with Crippen LogP contribution in [0.15, 0.2) is 61.4 Å². The van der Waals surface area contributed by atoms with Crippen LogP contribution in [-0.2, 0) is 16.0 Å². The molecule has 5 heteroatoms. The smallest absolute Gasteiger partial charge is 0.228 e. The van der Waals surface area contributed by atoms with Crippen LogP contribution in [0.25, 0.3) is 11.1 Å². The number of pyridine rings is 1. The van der Waals surface area contributed by atoms with Crippen LogP contribution < -0.4 is 5.32 Å². The molecule has 2 heterocycles. The Morgan fingerprint density at radius 2 is 2.03 bits per heavy atom. The Bertz CT molecular complexity index is 958. The van der Waals surface area contributed by atoms with Crippen molar-refractivity contribution in [1.29, 1.82) is 0 Å². The van der Waals surface area contributed by atoms with Crippen LogP contribution in [-0.4, -0.2) is 41.3 Å². The van der Waals surface area contributed by atoms with Crippen molar-refractivity contribution in [2.24, 2.45) is 17.3 Å². The standard InChI is InChI=1S/C26H31N3O2/c1-3-11-28-25(31)26(10-5-14-29(18-26)24(30)23-15-19(23)2)17-20-6-4-7-22(16-20)21-8-12-27-13-9-21/h3-4,6-9,12-13,16,19,23H,1,5,10-11,14-15,17-18H2,2H3,(H,28,31)/t19-,23-,26+/m1/s1. The van der Waals surface area contributed by atoms with Crippen LogP contribution in [0.4, 0.5) is 0 Å². The van der Waals surface area contributed by atoms with Crippen LogP contribution in [0, 0.1) is 17.3 Å². The number of carbonyl (C=O) groups is 2.